The highest BCUT2D eigenvalue weighted by molar-refractivity contribution is 4.87. The molecule has 0 aromatic heterocycles. The van der Waals surface area contributed by atoms with Gasteiger partial charge in [0.2, 0.25) is 0 Å². The van der Waals surface area contributed by atoms with Gasteiger partial charge in [-0.3, -0.25) is 4.90 Å². The third-order valence-electron chi connectivity index (χ3n) is 4.96. The maximum Gasteiger partial charge on any atom is 0.0594 e. The Balaban J connectivity index is 4.29. The molecular weight excluding hydrogens is 362 g/mol. The molecule has 0 bridgehead atoms. The van der Waals surface area contributed by atoms with E-state index in [1.807, 2.05) is 0 Å². The Morgan fingerprint density at radius 3 is 1.93 bits per heavy atom. The lowest BCUT2D eigenvalue weighted by Gasteiger charge is -2.41. The van der Waals surface area contributed by atoms with Crippen LogP contribution in [-0.2, 0) is 4.74 Å². The van der Waals surface area contributed by atoms with E-state index in [0.717, 1.165) is 65.6 Å². The molecule has 0 saturated heterocycles. The van der Waals surface area contributed by atoms with E-state index in [-0.39, 0.29) is 16.6 Å². The predicted octanol–water partition coefficient (Wildman–Crippen LogP) is 2.40. The lowest BCUT2D eigenvalue weighted by Crippen LogP contribution is -2.56. The highest BCUT2D eigenvalue weighted by Gasteiger charge is 2.28. The Morgan fingerprint density at radius 1 is 0.759 bits per heavy atom. The molecule has 6 heteroatoms. The molecule has 0 unspecified atom stereocenters. The number of rotatable bonds is 16. The molecular formula is C23H53N5O. The molecule has 0 fully saturated rings. The van der Waals surface area contributed by atoms with Crippen LogP contribution in [0.25, 0.3) is 0 Å². The molecule has 0 aromatic rings. The first kappa shape index (κ1) is 28.8. The third kappa shape index (κ3) is 17.2. The van der Waals surface area contributed by atoms with Gasteiger partial charge in [0.05, 0.1) is 13.2 Å². The van der Waals surface area contributed by atoms with Gasteiger partial charge < -0.3 is 25.6 Å². The Kier molecular flexibility index (Phi) is 13.8. The molecule has 29 heavy (non-hydrogen) atoms. The molecule has 0 spiro atoms. The molecule has 0 aliphatic heterocycles. The van der Waals surface area contributed by atoms with E-state index >= 15 is 0 Å². The van der Waals surface area contributed by atoms with Crippen molar-refractivity contribution >= 4 is 0 Å². The quantitative estimate of drug-likeness (QED) is 0.337. The van der Waals surface area contributed by atoms with Crippen molar-refractivity contribution < 1.29 is 4.74 Å². The Bertz CT molecular complexity index is 401. The molecule has 0 amide bonds. The van der Waals surface area contributed by atoms with Gasteiger partial charge in [-0.25, -0.2) is 0 Å². The summed E-state index contributed by atoms with van der Waals surface area (Å²) in [5, 5.41) is 10.6. The van der Waals surface area contributed by atoms with Gasteiger partial charge in [-0.1, -0.05) is 6.92 Å². The second-order valence-electron chi connectivity index (χ2n) is 10.8. The van der Waals surface area contributed by atoms with Gasteiger partial charge in [-0.15, -0.1) is 0 Å². The van der Waals surface area contributed by atoms with Crippen LogP contribution >= 0.6 is 0 Å². The normalized spacial score (nSPS) is 13.7. The minimum absolute atomic E-state index is 0.0591. The minimum atomic E-state index is 0.0591. The number of likely N-dealkylation sites (N-methyl/N-ethyl adjacent to an activating group) is 2. The molecule has 0 rings (SSSR count). The largest absolute Gasteiger partial charge is 0.379 e. The van der Waals surface area contributed by atoms with Gasteiger partial charge >= 0.3 is 0 Å². The van der Waals surface area contributed by atoms with Crippen molar-refractivity contribution in [3.05, 3.63) is 0 Å². The van der Waals surface area contributed by atoms with E-state index in [9.17, 15) is 0 Å². The SMILES string of the molecule is CCNCCN(C)CCNC(C)(C)CN(CCOCCNC(C)(C)C)C(C)(C)C. The standard InChI is InChI=1S/C23H53N5O/c1-11-24-12-15-27(10)16-13-26-23(8,9)20-28(22(5,6)7)17-19-29-18-14-25-21(2,3)4/h24-26H,11-20H2,1-10H3. The number of ether oxygens (including phenoxy) is 1. The first-order chi connectivity index (χ1) is 13.3. The van der Waals surface area contributed by atoms with Crippen LogP contribution in [0.4, 0.5) is 0 Å². The van der Waals surface area contributed by atoms with Crippen LogP contribution in [0.2, 0.25) is 0 Å². The number of hydrogen-bond acceptors (Lipinski definition) is 6. The lowest BCUT2D eigenvalue weighted by molar-refractivity contribution is 0.0479. The van der Waals surface area contributed by atoms with Crippen LogP contribution in [0.1, 0.15) is 62.3 Å². The zero-order chi connectivity index (χ0) is 22.6. The Labute approximate surface area is 182 Å². The topological polar surface area (TPSA) is 51.8 Å². The second-order valence-corrected chi connectivity index (χ2v) is 10.8. The van der Waals surface area contributed by atoms with Crippen LogP contribution in [0, 0.1) is 0 Å². The third-order valence-corrected chi connectivity index (χ3v) is 4.96. The molecule has 0 atom stereocenters. The molecule has 6 nitrogen and oxygen atoms in total. The zero-order valence-corrected chi connectivity index (χ0v) is 21.4. The van der Waals surface area contributed by atoms with E-state index in [1.165, 1.54) is 0 Å². The fourth-order valence-corrected chi connectivity index (χ4v) is 3.10. The lowest BCUT2D eigenvalue weighted by atomic mass is 9.99. The van der Waals surface area contributed by atoms with E-state index in [1.54, 1.807) is 0 Å². The van der Waals surface area contributed by atoms with Crippen LogP contribution in [0.15, 0.2) is 0 Å². The van der Waals surface area contributed by atoms with Gasteiger partial charge in [0.15, 0.2) is 0 Å². The molecule has 0 aliphatic rings. The van der Waals surface area contributed by atoms with E-state index in [2.05, 4.69) is 95.1 Å². The highest BCUT2D eigenvalue weighted by Crippen LogP contribution is 2.17. The van der Waals surface area contributed by atoms with Crippen molar-refractivity contribution in [3.8, 4) is 0 Å². The summed E-state index contributed by atoms with van der Waals surface area (Å²) in [6, 6.07) is 0. The fourth-order valence-electron chi connectivity index (χ4n) is 3.10. The summed E-state index contributed by atoms with van der Waals surface area (Å²) in [5.74, 6) is 0. The monoisotopic (exact) mass is 415 g/mol. The molecule has 0 heterocycles. The molecule has 0 aromatic carbocycles. The van der Waals surface area contributed by atoms with Crippen molar-refractivity contribution in [3.63, 3.8) is 0 Å². The summed E-state index contributed by atoms with van der Waals surface area (Å²) < 4.78 is 5.89. The van der Waals surface area contributed by atoms with Crippen LogP contribution in [0.5, 0.6) is 0 Å². The second kappa shape index (κ2) is 13.9. The molecule has 0 saturated carbocycles. The zero-order valence-electron chi connectivity index (χ0n) is 21.4. The number of nitrogens with one attached hydrogen (secondary N) is 3. The molecule has 176 valence electrons. The molecule has 0 radical (unpaired) electrons. The van der Waals surface area contributed by atoms with Crippen molar-refractivity contribution in [2.75, 3.05) is 72.6 Å². The maximum atomic E-state index is 5.89. The van der Waals surface area contributed by atoms with Crippen LogP contribution in [0.3, 0.4) is 0 Å². The maximum absolute atomic E-state index is 5.89. The van der Waals surface area contributed by atoms with E-state index in [0.29, 0.717) is 0 Å². The van der Waals surface area contributed by atoms with Gasteiger partial charge in [-0.2, -0.15) is 0 Å². The van der Waals surface area contributed by atoms with Crippen molar-refractivity contribution in [1.29, 1.82) is 0 Å². The minimum Gasteiger partial charge on any atom is -0.379 e. The smallest absolute Gasteiger partial charge is 0.0594 e. The van der Waals surface area contributed by atoms with Gasteiger partial charge in [0, 0.05) is 62.4 Å². The summed E-state index contributed by atoms with van der Waals surface area (Å²) >= 11 is 0. The highest BCUT2D eigenvalue weighted by atomic mass is 16.5. The van der Waals surface area contributed by atoms with Crippen LogP contribution in [-0.4, -0.2) is 99.0 Å². The van der Waals surface area contributed by atoms with Gasteiger partial charge in [0.25, 0.3) is 0 Å². The first-order valence-corrected chi connectivity index (χ1v) is 11.5. The average Bonchev–Trinajstić information content (AvgIpc) is 2.55. The summed E-state index contributed by atoms with van der Waals surface area (Å²) in [4.78, 5) is 4.92. The summed E-state index contributed by atoms with van der Waals surface area (Å²) in [5.41, 5.74) is 0.329. The van der Waals surface area contributed by atoms with Crippen molar-refractivity contribution in [2.45, 2.75) is 78.9 Å². The average molecular weight is 416 g/mol. The molecule has 0 aliphatic carbocycles. The van der Waals surface area contributed by atoms with Crippen molar-refractivity contribution in [2.24, 2.45) is 0 Å². The number of nitrogens with zero attached hydrogens (tertiary/aromatic N) is 2. The Morgan fingerprint density at radius 2 is 1.38 bits per heavy atom. The first-order valence-electron chi connectivity index (χ1n) is 11.5. The predicted molar refractivity (Wildman–Crippen MR) is 128 cm³/mol. The summed E-state index contributed by atoms with van der Waals surface area (Å²) in [6.07, 6.45) is 0. The summed E-state index contributed by atoms with van der Waals surface area (Å²) in [6.45, 7) is 29.8. The van der Waals surface area contributed by atoms with Gasteiger partial charge in [-0.05, 0) is 69.0 Å². The fraction of sp³-hybridized carbons (Fsp3) is 1.00. The number of hydrogen-bond donors (Lipinski definition) is 3. The van der Waals surface area contributed by atoms with Crippen molar-refractivity contribution in [1.82, 2.24) is 25.8 Å². The summed E-state index contributed by atoms with van der Waals surface area (Å²) in [7, 11) is 2.19. The molecule has 3 N–H and O–H groups in total. The van der Waals surface area contributed by atoms with E-state index < -0.39 is 0 Å². The van der Waals surface area contributed by atoms with Gasteiger partial charge in [0.1, 0.15) is 0 Å². The van der Waals surface area contributed by atoms with E-state index in [4.69, 9.17) is 4.74 Å². The van der Waals surface area contributed by atoms with Crippen LogP contribution < -0.4 is 16.0 Å². The Hall–Kier alpha value is -0.240.